The molecule has 5 nitrogen and oxygen atoms in total. The van der Waals surface area contributed by atoms with Crippen LogP contribution in [-0.2, 0) is 6.54 Å². The monoisotopic (exact) mass is 295 g/mol. The van der Waals surface area contributed by atoms with Gasteiger partial charge in [0.2, 0.25) is 0 Å². The van der Waals surface area contributed by atoms with Gasteiger partial charge in [-0.25, -0.2) is 0 Å². The van der Waals surface area contributed by atoms with Gasteiger partial charge in [-0.05, 0) is 17.7 Å². The van der Waals surface area contributed by atoms with E-state index in [-0.39, 0.29) is 5.84 Å². The van der Waals surface area contributed by atoms with Gasteiger partial charge in [0.05, 0.1) is 12.7 Å². The molecule has 0 saturated carbocycles. The summed E-state index contributed by atoms with van der Waals surface area (Å²) in [6, 6.07) is 5.63. The van der Waals surface area contributed by atoms with E-state index in [0.29, 0.717) is 11.3 Å². The Morgan fingerprint density at radius 3 is 3.05 bits per heavy atom. The van der Waals surface area contributed by atoms with Crippen LogP contribution in [0.4, 0.5) is 0 Å². The van der Waals surface area contributed by atoms with Crippen LogP contribution < -0.4 is 15.8 Å². The minimum atomic E-state index is 0.0465. The molecule has 0 saturated heterocycles. The average Bonchev–Trinajstić information content (AvgIpc) is 2.49. The van der Waals surface area contributed by atoms with E-state index >= 15 is 0 Å². The van der Waals surface area contributed by atoms with E-state index in [1.54, 1.807) is 7.11 Å². The molecule has 0 unspecified atom stereocenters. The maximum absolute atomic E-state index is 8.78. The van der Waals surface area contributed by atoms with E-state index in [1.165, 1.54) is 0 Å². The molecule has 1 aromatic rings. The van der Waals surface area contributed by atoms with Crippen molar-refractivity contribution in [3.63, 3.8) is 0 Å². The second-order valence-electron chi connectivity index (χ2n) is 4.06. The fourth-order valence-corrected chi connectivity index (χ4v) is 2.28. The molecule has 0 aromatic heterocycles. The third kappa shape index (κ3) is 5.14. The molecule has 0 bridgehead atoms. The fraction of sp³-hybridized carbons (Fsp3) is 0.357. The van der Waals surface area contributed by atoms with Gasteiger partial charge < -0.3 is 21.0 Å². The number of nitrogens with two attached hydrogens (primary N) is 1. The molecule has 0 radical (unpaired) electrons. The normalized spacial score (nSPS) is 11.3. The predicted molar refractivity (Wildman–Crippen MR) is 84.7 cm³/mol. The number of hydrogen-bond donors (Lipinski definition) is 3. The minimum absolute atomic E-state index is 0.0465. The van der Waals surface area contributed by atoms with Crippen molar-refractivity contribution >= 4 is 17.6 Å². The van der Waals surface area contributed by atoms with E-state index in [2.05, 4.69) is 17.1 Å². The summed E-state index contributed by atoms with van der Waals surface area (Å²) >= 11 is 1.83. The molecule has 0 fully saturated rings. The van der Waals surface area contributed by atoms with Crippen molar-refractivity contribution < 1.29 is 9.94 Å². The lowest BCUT2D eigenvalue weighted by Gasteiger charge is -2.10. The summed E-state index contributed by atoms with van der Waals surface area (Å²) in [7, 11) is 1.55. The Labute approximate surface area is 123 Å². The summed E-state index contributed by atoms with van der Waals surface area (Å²) in [4.78, 5) is 0. The first-order valence-corrected chi connectivity index (χ1v) is 7.42. The Bertz CT molecular complexity index is 464. The smallest absolute Gasteiger partial charge is 0.173 e. The highest BCUT2D eigenvalue weighted by atomic mass is 32.2. The molecule has 0 aliphatic carbocycles. The number of methoxy groups -OCH3 is 1. The van der Waals surface area contributed by atoms with Gasteiger partial charge in [-0.3, -0.25) is 0 Å². The molecular formula is C14H21N3O2S. The van der Waals surface area contributed by atoms with Crippen molar-refractivity contribution in [1.82, 2.24) is 5.32 Å². The van der Waals surface area contributed by atoms with Crippen molar-refractivity contribution in [2.24, 2.45) is 10.9 Å². The summed E-state index contributed by atoms with van der Waals surface area (Å²) in [5.74, 6) is 2.64. The van der Waals surface area contributed by atoms with Crippen molar-refractivity contribution in [3.05, 3.63) is 42.0 Å². The molecular weight excluding hydrogens is 274 g/mol. The molecule has 0 heterocycles. The maximum atomic E-state index is 8.78. The lowest BCUT2D eigenvalue weighted by atomic mass is 10.1. The number of hydrogen-bond acceptors (Lipinski definition) is 5. The molecule has 0 aliphatic rings. The molecule has 0 atom stereocenters. The molecule has 0 amide bonds. The van der Waals surface area contributed by atoms with Crippen LogP contribution in [0.2, 0.25) is 0 Å². The number of amidine groups is 1. The Morgan fingerprint density at radius 2 is 2.40 bits per heavy atom. The van der Waals surface area contributed by atoms with E-state index in [0.717, 1.165) is 30.2 Å². The summed E-state index contributed by atoms with van der Waals surface area (Å²) in [5.41, 5.74) is 7.29. The van der Waals surface area contributed by atoms with Crippen LogP contribution in [0.1, 0.15) is 11.1 Å². The summed E-state index contributed by atoms with van der Waals surface area (Å²) in [6.45, 7) is 5.33. The maximum Gasteiger partial charge on any atom is 0.173 e. The zero-order valence-electron chi connectivity index (χ0n) is 11.6. The van der Waals surface area contributed by atoms with Crippen molar-refractivity contribution in [3.8, 4) is 5.75 Å². The number of nitrogens with zero attached hydrogens (tertiary/aromatic N) is 1. The van der Waals surface area contributed by atoms with Gasteiger partial charge in [0.1, 0.15) is 5.75 Å². The standard InChI is InChI=1S/C14H21N3O2S/c1-3-7-20-8-6-16-10-11-4-5-13(19-2)12(9-11)14(15)17-18/h3-5,9,16,18H,1,6-8,10H2,2H3,(H2,15,17). The SMILES string of the molecule is C=CCSCCNCc1ccc(OC)c(/C(N)=N/O)c1. The molecule has 6 heteroatoms. The summed E-state index contributed by atoms with van der Waals surface area (Å²) < 4.78 is 5.19. The largest absolute Gasteiger partial charge is 0.496 e. The van der Waals surface area contributed by atoms with Crippen LogP contribution in [0, 0.1) is 0 Å². The second-order valence-corrected chi connectivity index (χ2v) is 5.21. The van der Waals surface area contributed by atoms with Crippen LogP contribution >= 0.6 is 11.8 Å². The fourth-order valence-electron chi connectivity index (χ4n) is 1.66. The van der Waals surface area contributed by atoms with Gasteiger partial charge in [-0.15, -0.1) is 6.58 Å². The first-order chi connectivity index (χ1) is 9.72. The summed E-state index contributed by atoms with van der Waals surface area (Å²) in [6.07, 6.45) is 1.90. The van der Waals surface area contributed by atoms with Crippen LogP contribution in [0.25, 0.3) is 0 Å². The predicted octanol–water partition coefficient (Wildman–Crippen LogP) is 1.80. The molecule has 1 rings (SSSR count). The number of ether oxygens (including phenoxy) is 1. The third-order valence-corrected chi connectivity index (χ3v) is 3.60. The zero-order valence-corrected chi connectivity index (χ0v) is 12.4. The van der Waals surface area contributed by atoms with Gasteiger partial charge in [-0.1, -0.05) is 17.3 Å². The lowest BCUT2D eigenvalue weighted by Crippen LogP contribution is -2.18. The molecule has 0 spiro atoms. The molecule has 0 aliphatic heterocycles. The first kappa shape index (κ1) is 16.4. The van der Waals surface area contributed by atoms with E-state index in [4.69, 9.17) is 15.7 Å². The molecule has 110 valence electrons. The number of oxime groups is 1. The van der Waals surface area contributed by atoms with Gasteiger partial charge in [0, 0.05) is 24.6 Å². The number of benzene rings is 1. The average molecular weight is 295 g/mol. The van der Waals surface area contributed by atoms with E-state index in [9.17, 15) is 0 Å². The topological polar surface area (TPSA) is 79.9 Å². The number of thioether (sulfide) groups is 1. The lowest BCUT2D eigenvalue weighted by molar-refractivity contribution is 0.318. The van der Waals surface area contributed by atoms with Crippen LogP contribution in [0.15, 0.2) is 36.0 Å². The highest BCUT2D eigenvalue weighted by Gasteiger charge is 2.08. The Kier molecular flexibility index (Phi) is 7.60. The second kappa shape index (κ2) is 9.28. The first-order valence-electron chi connectivity index (χ1n) is 6.27. The summed E-state index contributed by atoms with van der Waals surface area (Å²) in [5, 5.41) is 15.1. The van der Waals surface area contributed by atoms with Crippen molar-refractivity contribution in [2.75, 3.05) is 25.2 Å². The highest BCUT2D eigenvalue weighted by molar-refractivity contribution is 7.99. The van der Waals surface area contributed by atoms with Gasteiger partial charge in [0.25, 0.3) is 0 Å². The number of nitrogens with one attached hydrogen (secondary N) is 1. The van der Waals surface area contributed by atoms with Crippen molar-refractivity contribution in [2.45, 2.75) is 6.54 Å². The number of rotatable bonds is 9. The van der Waals surface area contributed by atoms with Crippen LogP contribution in [-0.4, -0.2) is 36.2 Å². The Morgan fingerprint density at radius 1 is 1.60 bits per heavy atom. The molecule has 4 N–H and O–H groups in total. The van der Waals surface area contributed by atoms with Crippen LogP contribution in [0.5, 0.6) is 5.75 Å². The van der Waals surface area contributed by atoms with Crippen molar-refractivity contribution in [1.29, 1.82) is 0 Å². The Balaban J connectivity index is 2.56. The van der Waals surface area contributed by atoms with Gasteiger partial charge in [-0.2, -0.15) is 11.8 Å². The third-order valence-electron chi connectivity index (χ3n) is 2.64. The van der Waals surface area contributed by atoms with E-state index < -0.39 is 0 Å². The minimum Gasteiger partial charge on any atom is -0.496 e. The van der Waals surface area contributed by atoms with Gasteiger partial charge in [0.15, 0.2) is 5.84 Å². The van der Waals surface area contributed by atoms with Gasteiger partial charge >= 0.3 is 0 Å². The Hall–Kier alpha value is -1.66. The molecule has 20 heavy (non-hydrogen) atoms. The quantitative estimate of drug-likeness (QED) is 0.162. The molecule has 1 aromatic carbocycles. The zero-order chi connectivity index (χ0) is 14.8. The highest BCUT2D eigenvalue weighted by Crippen LogP contribution is 2.19. The van der Waals surface area contributed by atoms with E-state index in [1.807, 2.05) is 36.0 Å². The van der Waals surface area contributed by atoms with Crippen LogP contribution in [0.3, 0.4) is 0 Å².